The van der Waals surface area contributed by atoms with Gasteiger partial charge in [-0.25, -0.2) is 9.97 Å². The molecule has 5 aromatic rings. The number of benzene rings is 1. The molecule has 0 N–H and O–H groups in total. The molecule has 9 heteroatoms. The first-order valence-corrected chi connectivity index (χ1v) is 11.7. The normalized spacial score (nSPS) is 13.8. The summed E-state index contributed by atoms with van der Waals surface area (Å²) in [7, 11) is 0. The van der Waals surface area contributed by atoms with Gasteiger partial charge in [0.1, 0.15) is 10.8 Å². The number of pyridine rings is 1. The predicted octanol–water partition coefficient (Wildman–Crippen LogP) is 4.68. The van der Waals surface area contributed by atoms with Gasteiger partial charge < -0.3 is 9.32 Å². The van der Waals surface area contributed by atoms with Gasteiger partial charge in [-0.3, -0.25) is 9.55 Å². The Labute approximate surface area is 194 Å². The number of aromatic nitrogens is 6. The summed E-state index contributed by atoms with van der Waals surface area (Å²) in [4.78, 5) is 16.2. The summed E-state index contributed by atoms with van der Waals surface area (Å²) in [5.41, 5.74) is 1.76. The second kappa shape index (κ2) is 8.67. The van der Waals surface area contributed by atoms with Crippen LogP contribution in [-0.4, -0.2) is 42.8 Å². The average molecular weight is 456 g/mol. The van der Waals surface area contributed by atoms with Crippen LogP contribution < -0.4 is 4.90 Å². The van der Waals surface area contributed by atoms with E-state index in [9.17, 15) is 0 Å². The molecular weight excluding hydrogens is 434 g/mol. The lowest BCUT2D eigenvalue weighted by molar-refractivity contribution is 0.483. The maximum Gasteiger partial charge on any atom is 0.228 e. The minimum atomic E-state index is 0.562. The number of para-hydroxylation sites is 1. The molecule has 4 aromatic heterocycles. The maximum atomic E-state index is 5.64. The van der Waals surface area contributed by atoms with Gasteiger partial charge >= 0.3 is 0 Å². The van der Waals surface area contributed by atoms with Crippen molar-refractivity contribution in [2.45, 2.75) is 29.6 Å². The summed E-state index contributed by atoms with van der Waals surface area (Å²) in [6, 6.07) is 15.8. The molecule has 0 amide bonds. The first-order valence-electron chi connectivity index (χ1n) is 10.9. The first-order chi connectivity index (χ1) is 16.3. The van der Waals surface area contributed by atoms with Gasteiger partial charge in [0.15, 0.2) is 11.0 Å². The van der Waals surface area contributed by atoms with Gasteiger partial charge in [0.25, 0.3) is 0 Å². The molecule has 1 aliphatic heterocycles. The minimum Gasteiger partial charge on any atom is -0.467 e. The molecule has 6 rings (SSSR count). The average Bonchev–Trinajstić information content (AvgIpc) is 3.63. The lowest BCUT2D eigenvalue weighted by Crippen LogP contribution is -2.22. The zero-order valence-corrected chi connectivity index (χ0v) is 18.6. The highest BCUT2D eigenvalue weighted by Gasteiger charge is 2.23. The van der Waals surface area contributed by atoms with E-state index in [1.165, 1.54) is 24.6 Å². The third-order valence-electron chi connectivity index (χ3n) is 5.66. The van der Waals surface area contributed by atoms with Crippen molar-refractivity contribution in [2.75, 3.05) is 18.0 Å². The fraction of sp³-hybridized carbons (Fsp3) is 0.208. The second-order valence-corrected chi connectivity index (χ2v) is 8.81. The lowest BCUT2D eigenvalue weighted by atomic mass is 10.2. The molecule has 1 saturated heterocycles. The molecule has 5 heterocycles. The summed E-state index contributed by atoms with van der Waals surface area (Å²) < 4.78 is 7.76. The molecule has 0 bridgehead atoms. The van der Waals surface area contributed by atoms with Crippen molar-refractivity contribution in [1.29, 1.82) is 0 Å². The van der Waals surface area contributed by atoms with Crippen molar-refractivity contribution in [3.63, 3.8) is 0 Å². The van der Waals surface area contributed by atoms with Crippen LogP contribution >= 0.6 is 11.8 Å². The molecule has 0 unspecified atom stereocenters. The van der Waals surface area contributed by atoms with Gasteiger partial charge in [0.05, 0.1) is 18.3 Å². The van der Waals surface area contributed by atoms with E-state index in [1.807, 2.05) is 48.5 Å². The highest BCUT2D eigenvalue weighted by atomic mass is 32.2. The molecule has 0 saturated carbocycles. The summed E-state index contributed by atoms with van der Waals surface area (Å²) in [6.45, 7) is 2.54. The van der Waals surface area contributed by atoms with Crippen molar-refractivity contribution in [1.82, 2.24) is 29.7 Å². The van der Waals surface area contributed by atoms with E-state index >= 15 is 0 Å². The van der Waals surface area contributed by atoms with Gasteiger partial charge in [-0.15, -0.1) is 10.2 Å². The molecule has 0 radical (unpaired) electrons. The van der Waals surface area contributed by atoms with E-state index in [4.69, 9.17) is 14.4 Å². The van der Waals surface area contributed by atoms with Crippen LogP contribution in [-0.2, 0) is 6.54 Å². The number of nitrogens with zero attached hydrogens (tertiary/aromatic N) is 7. The van der Waals surface area contributed by atoms with E-state index in [2.05, 4.69) is 24.6 Å². The van der Waals surface area contributed by atoms with Gasteiger partial charge in [0.2, 0.25) is 5.95 Å². The van der Waals surface area contributed by atoms with Gasteiger partial charge in [-0.1, -0.05) is 18.2 Å². The highest BCUT2D eigenvalue weighted by Crippen LogP contribution is 2.34. The lowest BCUT2D eigenvalue weighted by Gasteiger charge is -2.17. The number of anilines is 1. The zero-order valence-electron chi connectivity index (χ0n) is 17.8. The van der Waals surface area contributed by atoms with Crippen LogP contribution in [0.3, 0.4) is 0 Å². The molecule has 164 valence electrons. The number of fused-ring (bicyclic) bond motifs is 1. The Morgan fingerprint density at radius 2 is 1.85 bits per heavy atom. The first kappa shape index (κ1) is 19.9. The van der Waals surface area contributed by atoms with Crippen molar-refractivity contribution in [3.8, 4) is 11.4 Å². The SMILES string of the molecule is c1cncc(-c2nc(Sc3nnc(N4CCCC4)n3Cc3ccco3)c3ccccc3n2)c1. The summed E-state index contributed by atoms with van der Waals surface area (Å²) >= 11 is 1.50. The Kier molecular flexibility index (Phi) is 5.23. The molecule has 1 aromatic carbocycles. The minimum absolute atomic E-state index is 0.562. The molecular formula is C24H21N7OS. The Morgan fingerprint density at radius 3 is 2.67 bits per heavy atom. The summed E-state index contributed by atoms with van der Waals surface area (Å²) in [5, 5.41) is 11.7. The molecule has 1 aliphatic rings. The van der Waals surface area contributed by atoms with Crippen LogP contribution in [0.15, 0.2) is 81.8 Å². The molecule has 1 fully saturated rings. The van der Waals surface area contributed by atoms with E-state index in [0.717, 1.165) is 51.4 Å². The molecule has 8 nitrogen and oxygen atoms in total. The van der Waals surface area contributed by atoms with Crippen LogP contribution in [0.25, 0.3) is 22.3 Å². The van der Waals surface area contributed by atoms with Gasteiger partial charge in [-0.05, 0) is 54.9 Å². The van der Waals surface area contributed by atoms with E-state index < -0.39 is 0 Å². The van der Waals surface area contributed by atoms with Crippen LogP contribution in [0.2, 0.25) is 0 Å². The summed E-state index contributed by atoms with van der Waals surface area (Å²) in [5.74, 6) is 2.37. The van der Waals surface area contributed by atoms with Crippen LogP contribution in [0.5, 0.6) is 0 Å². The largest absolute Gasteiger partial charge is 0.467 e. The molecule has 0 aliphatic carbocycles. The quantitative estimate of drug-likeness (QED) is 0.341. The Balaban J connectivity index is 1.44. The van der Waals surface area contributed by atoms with Crippen molar-refractivity contribution >= 4 is 28.6 Å². The van der Waals surface area contributed by atoms with Crippen LogP contribution in [0.1, 0.15) is 18.6 Å². The molecule has 0 atom stereocenters. The Bertz CT molecular complexity index is 1380. The number of hydrogen-bond acceptors (Lipinski definition) is 8. The van der Waals surface area contributed by atoms with Crippen molar-refractivity contribution < 1.29 is 4.42 Å². The zero-order chi connectivity index (χ0) is 22.0. The number of hydrogen-bond donors (Lipinski definition) is 0. The van der Waals surface area contributed by atoms with E-state index in [-0.39, 0.29) is 0 Å². The fourth-order valence-corrected chi connectivity index (χ4v) is 4.97. The van der Waals surface area contributed by atoms with Crippen LogP contribution in [0, 0.1) is 0 Å². The van der Waals surface area contributed by atoms with Crippen molar-refractivity contribution in [2.24, 2.45) is 0 Å². The third kappa shape index (κ3) is 3.95. The van der Waals surface area contributed by atoms with Gasteiger partial charge in [-0.2, -0.15) is 0 Å². The molecule has 33 heavy (non-hydrogen) atoms. The molecule has 0 spiro atoms. The van der Waals surface area contributed by atoms with Gasteiger partial charge in [0, 0.05) is 36.4 Å². The van der Waals surface area contributed by atoms with E-state index in [1.54, 1.807) is 18.7 Å². The Morgan fingerprint density at radius 1 is 0.939 bits per heavy atom. The summed E-state index contributed by atoms with van der Waals surface area (Å²) in [6.07, 6.45) is 7.56. The second-order valence-electron chi connectivity index (χ2n) is 7.86. The maximum absolute atomic E-state index is 5.64. The standard InChI is InChI=1S/C24H21N7OS/c1-2-10-20-19(9-1)22(27-21(26-20)17-7-5-11-25-15-17)33-24-29-28-23(30-12-3-4-13-30)31(24)16-18-8-6-14-32-18/h1-2,5-11,14-15H,3-4,12-13,16H2. The Hall–Kier alpha value is -3.72. The van der Waals surface area contributed by atoms with Crippen LogP contribution in [0.4, 0.5) is 5.95 Å². The third-order valence-corrected chi connectivity index (χ3v) is 6.65. The fourth-order valence-electron chi connectivity index (χ4n) is 4.04. The number of furan rings is 1. The topological polar surface area (TPSA) is 85.8 Å². The highest BCUT2D eigenvalue weighted by molar-refractivity contribution is 7.99. The number of rotatable bonds is 6. The van der Waals surface area contributed by atoms with Crippen molar-refractivity contribution in [3.05, 3.63) is 72.9 Å². The van der Waals surface area contributed by atoms with E-state index in [0.29, 0.717) is 12.4 Å². The predicted molar refractivity (Wildman–Crippen MR) is 126 cm³/mol. The smallest absolute Gasteiger partial charge is 0.228 e. The monoisotopic (exact) mass is 455 g/mol.